The molecule has 0 bridgehead atoms. The molecule has 1 aromatic heterocycles. The van der Waals surface area contributed by atoms with Gasteiger partial charge in [0.1, 0.15) is 0 Å². The lowest BCUT2D eigenvalue weighted by Crippen LogP contribution is -2.49. The summed E-state index contributed by atoms with van der Waals surface area (Å²) in [7, 11) is 0. The Bertz CT molecular complexity index is 439. The van der Waals surface area contributed by atoms with Crippen LogP contribution in [0.1, 0.15) is 38.8 Å². The third kappa shape index (κ3) is 2.30. The lowest BCUT2D eigenvalue weighted by atomic mass is 9.88. The van der Waals surface area contributed by atoms with Crippen molar-refractivity contribution in [3.05, 3.63) is 29.8 Å². The zero-order valence-electron chi connectivity index (χ0n) is 10.4. The highest BCUT2D eigenvalue weighted by Crippen LogP contribution is 2.36. The predicted octanol–water partition coefficient (Wildman–Crippen LogP) is 2.54. The van der Waals surface area contributed by atoms with Gasteiger partial charge >= 0.3 is 0 Å². The molecule has 1 amide bonds. The average Bonchev–Trinajstić information content (AvgIpc) is 2.14. The summed E-state index contributed by atoms with van der Waals surface area (Å²) in [6, 6.07) is 3.20. The molecule has 1 atom stereocenters. The van der Waals surface area contributed by atoms with E-state index in [4.69, 9.17) is 0 Å². The summed E-state index contributed by atoms with van der Waals surface area (Å²) >= 11 is 0. The lowest BCUT2D eigenvalue weighted by molar-refractivity contribution is -0.147. The van der Waals surface area contributed by atoms with Crippen molar-refractivity contribution in [2.45, 2.75) is 33.2 Å². The number of aromatic nitrogens is 1. The van der Waals surface area contributed by atoms with Crippen molar-refractivity contribution < 1.29 is 9.18 Å². The number of rotatable bonds is 1. The molecule has 92 valence electrons. The van der Waals surface area contributed by atoms with E-state index in [0.29, 0.717) is 0 Å². The Balaban J connectivity index is 2.17. The fourth-order valence-corrected chi connectivity index (χ4v) is 2.03. The summed E-state index contributed by atoms with van der Waals surface area (Å²) in [4.78, 5) is 17.5. The first-order valence-corrected chi connectivity index (χ1v) is 5.82. The molecule has 0 aromatic carbocycles. The third-order valence-corrected chi connectivity index (χ3v) is 3.06. The van der Waals surface area contributed by atoms with Gasteiger partial charge in [-0.3, -0.25) is 4.79 Å². The molecule has 1 fully saturated rings. The van der Waals surface area contributed by atoms with Gasteiger partial charge in [-0.05, 0) is 24.1 Å². The summed E-state index contributed by atoms with van der Waals surface area (Å²) < 4.78 is 13.0. The minimum atomic E-state index is -0.488. The van der Waals surface area contributed by atoms with Gasteiger partial charge in [-0.1, -0.05) is 20.8 Å². The normalized spacial score (nSPS) is 20.0. The fourth-order valence-electron chi connectivity index (χ4n) is 2.03. The van der Waals surface area contributed by atoms with Gasteiger partial charge in [0.15, 0.2) is 0 Å². The molecule has 0 saturated carbocycles. The van der Waals surface area contributed by atoms with Crippen LogP contribution < -0.4 is 0 Å². The van der Waals surface area contributed by atoms with E-state index >= 15 is 0 Å². The second kappa shape index (κ2) is 4.09. The number of pyridine rings is 1. The zero-order valence-corrected chi connectivity index (χ0v) is 10.4. The highest BCUT2D eigenvalue weighted by molar-refractivity contribution is 5.82. The largest absolute Gasteiger partial charge is 0.335 e. The molecular formula is C13H17FN2O. The van der Waals surface area contributed by atoms with E-state index in [-0.39, 0.29) is 17.4 Å². The lowest BCUT2D eigenvalue weighted by Gasteiger charge is -2.44. The van der Waals surface area contributed by atoms with Gasteiger partial charge in [-0.15, -0.1) is 0 Å². The Morgan fingerprint density at radius 1 is 1.53 bits per heavy atom. The van der Waals surface area contributed by atoms with Crippen LogP contribution in [0.4, 0.5) is 4.39 Å². The van der Waals surface area contributed by atoms with E-state index in [1.807, 2.05) is 25.7 Å². The summed E-state index contributed by atoms with van der Waals surface area (Å²) in [5, 5.41) is 0. The van der Waals surface area contributed by atoms with Crippen LogP contribution in [-0.4, -0.2) is 22.3 Å². The Morgan fingerprint density at radius 2 is 2.24 bits per heavy atom. The van der Waals surface area contributed by atoms with Crippen LogP contribution in [0.25, 0.3) is 0 Å². The van der Waals surface area contributed by atoms with Crippen molar-refractivity contribution in [3.63, 3.8) is 0 Å². The van der Waals surface area contributed by atoms with Crippen LogP contribution in [0.3, 0.4) is 0 Å². The van der Waals surface area contributed by atoms with Crippen molar-refractivity contribution in [1.29, 1.82) is 0 Å². The number of hydrogen-bond acceptors (Lipinski definition) is 2. The molecule has 1 saturated heterocycles. The van der Waals surface area contributed by atoms with Crippen LogP contribution >= 0.6 is 0 Å². The van der Waals surface area contributed by atoms with Crippen molar-refractivity contribution in [2.75, 3.05) is 6.54 Å². The molecular weight excluding hydrogens is 219 g/mol. The van der Waals surface area contributed by atoms with E-state index in [1.54, 1.807) is 6.07 Å². The zero-order chi connectivity index (χ0) is 12.6. The molecule has 3 nitrogen and oxygen atoms in total. The number of carbonyl (C=O) groups is 1. The molecule has 0 N–H and O–H groups in total. The number of hydrogen-bond donors (Lipinski definition) is 0. The smallest absolute Gasteiger partial charge is 0.228 e. The van der Waals surface area contributed by atoms with Gasteiger partial charge in [0.25, 0.3) is 0 Å². The van der Waals surface area contributed by atoms with Crippen LogP contribution in [0.15, 0.2) is 18.3 Å². The van der Waals surface area contributed by atoms with Gasteiger partial charge in [-0.25, -0.2) is 4.98 Å². The third-order valence-electron chi connectivity index (χ3n) is 3.06. The summed E-state index contributed by atoms with van der Waals surface area (Å²) in [6.45, 7) is 6.46. The SMILES string of the molecule is CC(C)(C)C(=O)N1CCC1c1ccnc(F)c1. The average molecular weight is 236 g/mol. The molecule has 0 aliphatic carbocycles. The van der Waals surface area contributed by atoms with Gasteiger partial charge in [0.2, 0.25) is 11.9 Å². The molecule has 0 spiro atoms. The Kier molecular flexibility index (Phi) is 2.89. The predicted molar refractivity (Wildman–Crippen MR) is 62.7 cm³/mol. The van der Waals surface area contributed by atoms with Crippen molar-refractivity contribution in [2.24, 2.45) is 5.41 Å². The van der Waals surface area contributed by atoms with Gasteiger partial charge in [0, 0.05) is 18.2 Å². The molecule has 17 heavy (non-hydrogen) atoms. The maximum absolute atomic E-state index is 13.0. The molecule has 2 heterocycles. The highest BCUT2D eigenvalue weighted by Gasteiger charge is 2.38. The molecule has 2 rings (SSSR count). The van der Waals surface area contributed by atoms with Gasteiger partial charge in [0.05, 0.1) is 6.04 Å². The summed E-state index contributed by atoms with van der Waals surface area (Å²) in [6.07, 6.45) is 2.34. The molecule has 4 heteroatoms. The molecule has 1 unspecified atom stereocenters. The molecule has 1 aromatic rings. The topological polar surface area (TPSA) is 33.2 Å². The van der Waals surface area contributed by atoms with Gasteiger partial charge in [-0.2, -0.15) is 4.39 Å². The summed E-state index contributed by atoms with van der Waals surface area (Å²) in [5.41, 5.74) is 0.450. The molecule has 1 aliphatic rings. The number of halogens is 1. The van der Waals surface area contributed by atoms with Gasteiger partial charge < -0.3 is 4.90 Å². The van der Waals surface area contributed by atoms with Crippen molar-refractivity contribution in [1.82, 2.24) is 9.88 Å². The van der Waals surface area contributed by atoms with E-state index in [0.717, 1.165) is 18.5 Å². The minimum absolute atomic E-state index is 0.0132. The minimum Gasteiger partial charge on any atom is -0.335 e. The first kappa shape index (κ1) is 12.0. The Hall–Kier alpha value is -1.45. The first-order chi connectivity index (χ1) is 7.89. The second-order valence-corrected chi connectivity index (χ2v) is 5.46. The highest BCUT2D eigenvalue weighted by atomic mass is 19.1. The maximum atomic E-state index is 13.0. The van der Waals surface area contributed by atoms with Crippen LogP contribution in [0.2, 0.25) is 0 Å². The quantitative estimate of drug-likeness (QED) is 0.702. The van der Waals surface area contributed by atoms with E-state index in [2.05, 4.69) is 4.98 Å². The van der Waals surface area contributed by atoms with Crippen LogP contribution in [0, 0.1) is 11.4 Å². The van der Waals surface area contributed by atoms with E-state index < -0.39 is 5.95 Å². The fraction of sp³-hybridized carbons (Fsp3) is 0.538. The van der Waals surface area contributed by atoms with E-state index in [1.165, 1.54) is 12.3 Å². The number of carbonyl (C=O) groups excluding carboxylic acids is 1. The number of nitrogens with zero attached hydrogens (tertiary/aromatic N) is 2. The Morgan fingerprint density at radius 3 is 2.71 bits per heavy atom. The number of amides is 1. The van der Waals surface area contributed by atoms with Crippen molar-refractivity contribution >= 4 is 5.91 Å². The van der Waals surface area contributed by atoms with Crippen LogP contribution in [-0.2, 0) is 4.79 Å². The standard InChI is InChI=1S/C13H17FN2O/c1-13(2,3)12(17)16-7-5-10(16)9-4-6-15-11(14)8-9/h4,6,8,10H,5,7H2,1-3H3. The number of likely N-dealkylation sites (tertiary alicyclic amines) is 1. The monoisotopic (exact) mass is 236 g/mol. The van der Waals surface area contributed by atoms with E-state index in [9.17, 15) is 9.18 Å². The first-order valence-electron chi connectivity index (χ1n) is 5.82. The summed E-state index contributed by atoms with van der Waals surface area (Å²) in [5.74, 6) is -0.372. The molecule has 0 radical (unpaired) electrons. The van der Waals surface area contributed by atoms with Crippen molar-refractivity contribution in [3.8, 4) is 0 Å². The molecule has 1 aliphatic heterocycles. The maximum Gasteiger partial charge on any atom is 0.228 e. The Labute approximate surface area is 101 Å². The van der Waals surface area contributed by atoms with Crippen LogP contribution in [0.5, 0.6) is 0 Å². The second-order valence-electron chi connectivity index (χ2n) is 5.46.